The van der Waals surface area contributed by atoms with Crippen LogP contribution in [0.4, 0.5) is 4.39 Å². The summed E-state index contributed by atoms with van der Waals surface area (Å²) in [4.78, 5) is 0. The van der Waals surface area contributed by atoms with Crippen LogP contribution in [0.15, 0.2) is 22.7 Å². The van der Waals surface area contributed by atoms with E-state index < -0.39 is 5.82 Å². The van der Waals surface area contributed by atoms with E-state index in [-0.39, 0.29) is 18.8 Å². The molecule has 0 atom stereocenters. The zero-order chi connectivity index (χ0) is 9.68. The van der Waals surface area contributed by atoms with E-state index >= 15 is 0 Å². The summed E-state index contributed by atoms with van der Waals surface area (Å²) in [6.07, 6.45) is 0.256. The lowest BCUT2D eigenvalue weighted by Gasteiger charge is -2.04. The number of rotatable bonds is 3. The van der Waals surface area contributed by atoms with Crippen molar-refractivity contribution in [1.29, 1.82) is 5.26 Å². The van der Waals surface area contributed by atoms with Crippen molar-refractivity contribution < 1.29 is 9.13 Å². The summed E-state index contributed by atoms with van der Waals surface area (Å²) in [7, 11) is 0. The number of halogens is 2. The molecular formula is C9H7BrFNO. The normalized spacial score (nSPS) is 9.31. The SMILES string of the molecule is N#CCCOc1cc(Br)ccc1F. The van der Waals surface area contributed by atoms with Crippen LogP contribution >= 0.6 is 15.9 Å². The van der Waals surface area contributed by atoms with Crippen molar-refractivity contribution in [2.45, 2.75) is 6.42 Å². The third-order valence-corrected chi connectivity index (χ3v) is 1.86. The summed E-state index contributed by atoms with van der Waals surface area (Å²) in [6.45, 7) is 0.212. The average Bonchev–Trinajstić information content (AvgIpc) is 2.11. The van der Waals surface area contributed by atoms with Crippen molar-refractivity contribution in [3.05, 3.63) is 28.5 Å². The Morgan fingerprint density at radius 1 is 1.54 bits per heavy atom. The van der Waals surface area contributed by atoms with Gasteiger partial charge in [0.05, 0.1) is 12.5 Å². The molecule has 1 aromatic carbocycles. The van der Waals surface area contributed by atoms with Crippen molar-refractivity contribution in [3.63, 3.8) is 0 Å². The van der Waals surface area contributed by atoms with E-state index in [0.717, 1.165) is 4.47 Å². The second kappa shape index (κ2) is 4.83. The zero-order valence-corrected chi connectivity index (χ0v) is 8.34. The van der Waals surface area contributed by atoms with Gasteiger partial charge in [0.15, 0.2) is 11.6 Å². The summed E-state index contributed by atoms with van der Waals surface area (Å²) in [5, 5.41) is 8.24. The first-order chi connectivity index (χ1) is 6.24. The van der Waals surface area contributed by atoms with Crippen molar-refractivity contribution in [2.24, 2.45) is 0 Å². The van der Waals surface area contributed by atoms with Gasteiger partial charge in [-0.05, 0) is 18.2 Å². The number of nitrogens with zero attached hydrogens (tertiary/aromatic N) is 1. The molecule has 1 rings (SSSR count). The molecule has 0 spiro atoms. The Kier molecular flexibility index (Phi) is 3.71. The third kappa shape index (κ3) is 3.03. The van der Waals surface area contributed by atoms with Crippen LogP contribution in [0.2, 0.25) is 0 Å². The number of benzene rings is 1. The molecule has 0 aliphatic heterocycles. The van der Waals surface area contributed by atoms with Crippen molar-refractivity contribution >= 4 is 15.9 Å². The Morgan fingerprint density at radius 2 is 2.31 bits per heavy atom. The maximum Gasteiger partial charge on any atom is 0.165 e. The van der Waals surface area contributed by atoms with Gasteiger partial charge in [-0.1, -0.05) is 15.9 Å². The van der Waals surface area contributed by atoms with E-state index in [1.165, 1.54) is 12.1 Å². The third-order valence-electron chi connectivity index (χ3n) is 1.36. The topological polar surface area (TPSA) is 33.0 Å². The Hall–Kier alpha value is -1.08. The van der Waals surface area contributed by atoms with Gasteiger partial charge in [0.1, 0.15) is 6.61 Å². The monoisotopic (exact) mass is 243 g/mol. The molecule has 0 aliphatic carbocycles. The average molecular weight is 244 g/mol. The summed E-state index contributed by atoms with van der Waals surface area (Å²) >= 11 is 3.19. The fourth-order valence-electron chi connectivity index (χ4n) is 0.794. The van der Waals surface area contributed by atoms with Gasteiger partial charge in [-0.25, -0.2) is 4.39 Å². The lowest BCUT2D eigenvalue weighted by molar-refractivity contribution is 0.309. The fourth-order valence-corrected chi connectivity index (χ4v) is 1.13. The van der Waals surface area contributed by atoms with Gasteiger partial charge < -0.3 is 4.74 Å². The molecule has 0 radical (unpaired) electrons. The van der Waals surface area contributed by atoms with Crippen LogP contribution in [-0.4, -0.2) is 6.61 Å². The minimum Gasteiger partial charge on any atom is -0.489 e. The number of ether oxygens (including phenoxy) is 1. The molecule has 0 N–H and O–H groups in total. The lowest BCUT2D eigenvalue weighted by Crippen LogP contribution is -1.97. The lowest BCUT2D eigenvalue weighted by atomic mass is 10.3. The minimum atomic E-state index is -0.416. The molecule has 0 bridgehead atoms. The highest BCUT2D eigenvalue weighted by Crippen LogP contribution is 2.22. The molecular weight excluding hydrogens is 237 g/mol. The summed E-state index contributed by atoms with van der Waals surface area (Å²) < 4.78 is 18.7. The van der Waals surface area contributed by atoms with Crippen LogP contribution in [0.25, 0.3) is 0 Å². The number of hydrogen-bond donors (Lipinski definition) is 0. The maximum absolute atomic E-state index is 13.0. The first kappa shape index (κ1) is 10.0. The maximum atomic E-state index is 13.0. The molecule has 0 amide bonds. The minimum absolute atomic E-state index is 0.171. The summed E-state index contributed by atoms with van der Waals surface area (Å²) in [5.41, 5.74) is 0. The fraction of sp³-hybridized carbons (Fsp3) is 0.222. The molecule has 0 aromatic heterocycles. The highest BCUT2D eigenvalue weighted by atomic mass is 79.9. The number of hydrogen-bond acceptors (Lipinski definition) is 2. The van der Waals surface area contributed by atoms with Gasteiger partial charge in [-0.2, -0.15) is 5.26 Å². The Morgan fingerprint density at radius 3 is 3.00 bits per heavy atom. The second-order valence-electron chi connectivity index (χ2n) is 2.33. The molecule has 0 aliphatic rings. The van der Waals surface area contributed by atoms with E-state index in [1.54, 1.807) is 6.07 Å². The van der Waals surface area contributed by atoms with Crippen LogP contribution in [-0.2, 0) is 0 Å². The molecule has 0 unspecified atom stereocenters. The van der Waals surface area contributed by atoms with Gasteiger partial charge in [0.25, 0.3) is 0 Å². The van der Waals surface area contributed by atoms with Gasteiger partial charge in [0, 0.05) is 4.47 Å². The van der Waals surface area contributed by atoms with Crippen molar-refractivity contribution in [2.75, 3.05) is 6.61 Å². The first-order valence-corrected chi connectivity index (χ1v) is 4.48. The van der Waals surface area contributed by atoms with Gasteiger partial charge in [0.2, 0.25) is 0 Å². The van der Waals surface area contributed by atoms with Gasteiger partial charge in [-0.15, -0.1) is 0 Å². The highest BCUT2D eigenvalue weighted by molar-refractivity contribution is 9.10. The first-order valence-electron chi connectivity index (χ1n) is 3.69. The smallest absolute Gasteiger partial charge is 0.165 e. The molecule has 0 heterocycles. The predicted molar refractivity (Wildman–Crippen MR) is 49.8 cm³/mol. The Labute approximate surface area is 84.1 Å². The molecule has 0 fully saturated rings. The standard InChI is InChI=1S/C9H7BrFNO/c10-7-2-3-8(11)9(6-7)13-5-1-4-12/h2-3,6H,1,5H2. The molecule has 1 aromatic rings. The van der Waals surface area contributed by atoms with Crippen LogP contribution < -0.4 is 4.74 Å². The van der Waals surface area contributed by atoms with Crippen LogP contribution in [0.5, 0.6) is 5.75 Å². The molecule has 68 valence electrons. The molecule has 2 nitrogen and oxygen atoms in total. The molecule has 4 heteroatoms. The van der Waals surface area contributed by atoms with Gasteiger partial charge >= 0.3 is 0 Å². The zero-order valence-electron chi connectivity index (χ0n) is 6.76. The van der Waals surface area contributed by atoms with E-state index in [2.05, 4.69) is 15.9 Å². The molecule has 0 saturated carbocycles. The van der Waals surface area contributed by atoms with E-state index in [1.807, 2.05) is 6.07 Å². The predicted octanol–water partition coefficient (Wildman–Crippen LogP) is 2.88. The van der Waals surface area contributed by atoms with Gasteiger partial charge in [-0.3, -0.25) is 0 Å². The van der Waals surface area contributed by atoms with E-state index in [0.29, 0.717) is 0 Å². The number of nitriles is 1. The van der Waals surface area contributed by atoms with Crippen LogP contribution in [0.3, 0.4) is 0 Å². The Balaban J connectivity index is 2.65. The van der Waals surface area contributed by atoms with Crippen LogP contribution in [0, 0.1) is 17.1 Å². The quantitative estimate of drug-likeness (QED) is 0.766. The summed E-state index contributed by atoms with van der Waals surface area (Å²) in [6, 6.07) is 6.35. The highest BCUT2D eigenvalue weighted by Gasteiger charge is 2.02. The second-order valence-corrected chi connectivity index (χ2v) is 3.25. The molecule has 13 heavy (non-hydrogen) atoms. The molecule has 0 saturated heterocycles. The van der Waals surface area contributed by atoms with Crippen molar-refractivity contribution in [1.82, 2.24) is 0 Å². The summed E-state index contributed by atoms with van der Waals surface area (Å²) in [5.74, 6) is -0.245. The van der Waals surface area contributed by atoms with Crippen LogP contribution in [0.1, 0.15) is 6.42 Å². The van der Waals surface area contributed by atoms with E-state index in [9.17, 15) is 4.39 Å². The Bertz CT molecular complexity index is 335. The van der Waals surface area contributed by atoms with E-state index in [4.69, 9.17) is 10.00 Å². The largest absolute Gasteiger partial charge is 0.489 e. The van der Waals surface area contributed by atoms with Crippen molar-refractivity contribution in [3.8, 4) is 11.8 Å².